The minimum Gasteiger partial charge on any atom is -0.460 e. The maximum Gasteiger partial charge on any atom is 0.338 e. The van der Waals surface area contributed by atoms with Crippen LogP contribution in [0.15, 0.2) is 82.0 Å². The van der Waals surface area contributed by atoms with E-state index < -0.39 is 12.0 Å². The van der Waals surface area contributed by atoms with E-state index in [2.05, 4.69) is 0 Å². The Bertz CT molecular complexity index is 1210. The zero-order valence-corrected chi connectivity index (χ0v) is 21.9. The van der Waals surface area contributed by atoms with Crippen molar-refractivity contribution in [1.29, 1.82) is 0 Å². The second-order valence-electron chi connectivity index (χ2n) is 8.84. The average molecular weight is 506 g/mol. The number of ether oxygens (including phenoxy) is 2. The molecule has 2 aromatic rings. The van der Waals surface area contributed by atoms with E-state index in [9.17, 15) is 9.59 Å². The third kappa shape index (κ3) is 5.71. The first kappa shape index (κ1) is 25.7. The van der Waals surface area contributed by atoms with E-state index in [1.807, 2.05) is 85.8 Å². The molecule has 8 heteroatoms. The molecule has 0 spiro atoms. The van der Waals surface area contributed by atoms with Crippen molar-refractivity contribution >= 4 is 28.8 Å². The molecule has 2 aliphatic heterocycles. The number of hydrogen-bond acceptors (Lipinski definition) is 7. The normalized spacial score (nSPS) is 16.9. The Morgan fingerprint density at radius 3 is 2.47 bits per heavy atom. The van der Waals surface area contributed by atoms with Crippen molar-refractivity contribution in [2.45, 2.75) is 32.9 Å². The van der Waals surface area contributed by atoms with Crippen molar-refractivity contribution in [1.82, 2.24) is 9.80 Å². The Kier molecular flexibility index (Phi) is 8.28. The lowest BCUT2D eigenvalue weighted by Crippen LogP contribution is -2.38. The summed E-state index contributed by atoms with van der Waals surface area (Å²) in [5.41, 5.74) is 5.02. The van der Waals surface area contributed by atoms with Gasteiger partial charge in [-0.25, -0.2) is 9.79 Å². The first-order chi connectivity index (χ1) is 17.4. The van der Waals surface area contributed by atoms with Crippen LogP contribution in [0.4, 0.5) is 0 Å². The molecule has 7 nitrogen and oxygen atoms in total. The van der Waals surface area contributed by atoms with Gasteiger partial charge in [-0.15, -0.1) is 0 Å². The van der Waals surface area contributed by atoms with Gasteiger partial charge in [-0.3, -0.25) is 4.79 Å². The molecule has 0 bridgehead atoms. The molecule has 36 heavy (non-hydrogen) atoms. The summed E-state index contributed by atoms with van der Waals surface area (Å²) in [4.78, 5) is 34.9. The van der Waals surface area contributed by atoms with Crippen molar-refractivity contribution in [2.24, 2.45) is 4.99 Å². The van der Waals surface area contributed by atoms with Crippen LogP contribution < -0.4 is 0 Å². The third-order valence-electron chi connectivity index (χ3n) is 6.15. The molecule has 0 unspecified atom stereocenters. The fraction of sp³-hybridized carbons (Fsp3) is 0.321. The van der Waals surface area contributed by atoms with Crippen LogP contribution >= 0.6 is 11.8 Å². The van der Waals surface area contributed by atoms with Gasteiger partial charge < -0.3 is 19.3 Å². The largest absolute Gasteiger partial charge is 0.460 e. The van der Waals surface area contributed by atoms with E-state index >= 15 is 0 Å². The van der Waals surface area contributed by atoms with Crippen LogP contribution in [0.2, 0.25) is 0 Å². The van der Waals surface area contributed by atoms with Crippen LogP contribution in [-0.2, 0) is 25.6 Å². The van der Waals surface area contributed by atoms with E-state index in [0.717, 1.165) is 27.6 Å². The number of fused-ring (bicyclic) bond motifs is 1. The molecule has 0 radical (unpaired) electrons. The van der Waals surface area contributed by atoms with Crippen LogP contribution in [0.1, 0.15) is 36.1 Å². The minimum absolute atomic E-state index is 0.00916. The Balaban J connectivity index is 1.61. The van der Waals surface area contributed by atoms with Crippen LogP contribution in [0.25, 0.3) is 0 Å². The molecule has 4 rings (SSSR count). The molecule has 0 saturated carbocycles. The highest BCUT2D eigenvalue weighted by Gasteiger charge is 2.41. The second-order valence-corrected chi connectivity index (χ2v) is 9.68. The lowest BCUT2D eigenvalue weighted by Gasteiger charge is -2.36. The molecule has 0 saturated heterocycles. The monoisotopic (exact) mass is 505 g/mol. The van der Waals surface area contributed by atoms with Gasteiger partial charge >= 0.3 is 5.97 Å². The van der Waals surface area contributed by atoms with Gasteiger partial charge in [-0.1, -0.05) is 71.9 Å². The summed E-state index contributed by atoms with van der Waals surface area (Å²) >= 11 is 1.47. The standard InChI is InChI=1S/C28H31N3O4S/c1-19-10-12-22(13-11-19)26-25(27(33)35-15-14-34-4)20(2)29-28-31(26)23(18-36-28)16-24(32)30(3)17-21-8-6-5-7-9-21/h5-13,18,26H,14-17H2,1-4H3/t26-/m0/s1. The highest BCUT2D eigenvalue weighted by Crippen LogP contribution is 2.45. The molecular weight excluding hydrogens is 474 g/mol. The lowest BCUT2D eigenvalue weighted by molar-refractivity contribution is -0.141. The zero-order chi connectivity index (χ0) is 25.7. The number of amides is 1. The van der Waals surface area contributed by atoms with Crippen molar-refractivity contribution in [3.8, 4) is 0 Å². The Morgan fingerprint density at radius 1 is 1.06 bits per heavy atom. The zero-order valence-electron chi connectivity index (χ0n) is 21.1. The van der Waals surface area contributed by atoms with Crippen LogP contribution in [0.3, 0.4) is 0 Å². The number of aryl methyl sites for hydroxylation is 1. The number of aliphatic imine (C=N–C) groups is 1. The molecule has 2 aliphatic rings. The topological polar surface area (TPSA) is 71.4 Å². The van der Waals surface area contributed by atoms with Gasteiger partial charge in [0, 0.05) is 26.4 Å². The average Bonchev–Trinajstić information content (AvgIpc) is 3.26. The summed E-state index contributed by atoms with van der Waals surface area (Å²) < 4.78 is 10.6. The van der Waals surface area contributed by atoms with Gasteiger partial charge in [0.05, 0.1) is 30.3 Å². The van der Waals surface area contributed by atoms with Crippen LogP contribution in [0.5, 0.6) is 0 Å². The quantitative estimate of drug-likeness (QED) is 0.360. The minimum atomic E-state index is -0.443. The number of methoxy groups -OCH3 is 1. The molecule has 2 heterocycles. The van der Waals surface area contributed by atoms with Gasteiger partial charge in [0.15, 0.2) is 5.17 Å². The number of amidine groups is 1. The van der Waals surface area contributed by atoms with Gasteiger partial charge in [-0.05, 0) is 30.4 Å². The number of nitrogens with zero attached hydrogens (tertiary/aromatic N) is 3. The SMILES string of the molecule is COCCOC(=O)C1=C(C)N=C2SC=C(CC(=O)N(C)Cc3ccccc3)N2[C@H]1c1ccc(C)cc1. The summed E-state index contributed by atoms with van der Waals surface area (Å²) in [5.74, 6) is -0.438. The summed E-state index contributed by atoms with van der Waals surface area (Å²) in [6, 6.07) is 17.5. The Hall–Kier alpha value is -3.36. The van der Waals surface area contributed by atoms with E-state index in [4.69, 9.17) is 14.5 Å². The van der Waals surface area contributed by atoms with E-state index in [0.29, 0.717) is 24.4 Å². The molecule has 1 atom stereocenters. The summed E-state index contributed by atoms with van der Waals surface area (Å²) in [6.45, 7) is 4.85. The molecule has 0 N–H and O–H groups in total. The van der Waals surface area contributed by atoms with Gasteiger partial charge in [0.2, 0.25) is 5.91 Å². The van der Waals surface area contributed by atoms with Crippen molar-refractivity contribution in [2.75, 3.05) is 27.4 Å². The number of benzene rings is 2. The fourth-order valence-corrected chi connectivity index (χ4v) is 5.19. The van der Waals surface area contributed by atoms with Gasteiger partial charge in [0.25, 0.3) is 0 Å². The molecule has 0 aromatic heterocycles. The number of allylic oxidation sites excluding steroid dienone is 1. The lowest BCUT2D eigenvalue weighted by atomic mass is 9.93. The molecule has 0 aliphatic carbocycles. The smallest absolute Gasteiger partial charge is 0.338 e. The predicted octanol–water partition coefficient (Wildman–Crippen LogP) is 4.81. The fourth-order valence-electron chi connectivity index (χ4n) is 4.23. The van der Waals surface area contributed by atoms with E-state index in [-0.39, 0.29) is 18.9 Å². The molecule has 0 fully saturated rings. The number of rotatable bonds is 9. The Labute approximate surface area is 216 Å². The molecule has 2 aromatic carbocycles. The van der Waals surface area contributed by atoms with Gasteiger partial charge in [-0.2, -0.15) is 0 Å². The number of hydrogen-bond donors (Lipinski definition) is 0. The second kappa shape index (κ2) is 11.6. The number of esters is 1. The first-order valence-corrected chi connectivity index (χ1v) is 12.7. The number of thioether (sulfide) groups is 1. The summed E-state index contributed by atoms with van der Waals surface area (Å²) in [5, 5.41) is 2.71. The molecule has 188 valence electrons. The summed E-state index contributed by atoms with van der Waals surface area (Å²) in [7, 11) is 3.37. The van der Waals surface area contributed by atoms with Gasteiger partial charge in [0.1, 0.15) is 6.61 Å². The Morgan fingerprint density at radius 2 is 1.78 bits per heavy atom. The maximum absolute atomic E-state index is 13.2. The van der Waals surface area contributed by atoms with Crippen LogP contribution in [-0.4, -0.2) is 54.2 Å². The van der Waals surface area contributed by atoms with Crippen molar-refractivity contribution in [3.63, 3.8) is 0 Å². The summed E-state index contributed by atoms with van der Waals surface area (Å²) in [6.07, 6.45) is 0.197. The predicted molar refractivity (Wildman–Crippen MR) is 142 cm³/mol. The van der Waals surface area contributed by atoms with Crippen molar-refractivity contribution < 1.29 is 19.1 Å². The molecular formula is C28H31N3O4S. The number of carbonyl (C=O) groups is 2. The third-order valence-corrected chi connectivity index (χ3v) is 7.04. The van der Waals surface area contributed by atoms with Crippen LogP contribution in [0, 0.1) is 6.92 Å². The molecule has 1 amide bonds. The highest BCUT2D eigenvalue weighted by atomic mass is 32.2. The maximum atomic E-state index is 13.2. The first-order valence-electron chi connectivity index (χ1n) is 11.8. The highest BCUT2D eigenvalue weighted by molar-refractivity contribution is 8.16. The number of carbonyl (C=O) groups excluding carboxylic acids is 2. The van der Waals surface area contributed by atoms with Crippen molar-refractivity contribution in [3.05, 3.63) is 93.7 Å². The van der Waals surface area contributed by atoms with E-state index in [1.54, 1.807) is 12.0 Å². The van der Waals surface area contributed by atoms with E-state index in [1.165, 1.54) is 11.8 Å².